The molecule has 1 aromatic rings. The maximum Gasteiger partial charge on any atom is 0.257 e. The summed E-state index contributed by atoms with van der Waals surface area (Å²) in [6.07, 6.45) is 3.00. The second-order valence-corrected chi connectivity index (χ2v) is 6.05. The van der Waals surface area contributed by atoms with Gasteiger partial charge in [0.15, 0.2) is 6.61 Å². The fourth-order valence-electron chi connectivity index (χ4n) is 1.52. The Morgan fingerprint density at radius 1 is 1.50 bits per heavy atom. The molecule has 1 unspecified atom stereocenters. The number of benzene rings is 1. The molecule has 0 saturated heterocycles. The van der Waals surface area contributed by atoms with Crippen LogP contribution in [-0.4, -0.2) is 35.6 Å². The van der Waals surface area contributed by atoms with E-state index in [9.17, 15) is 4.79 Å². The van der Waals surface area contributed by atoms with E-state index in [-0.39, 0.29) is 17.5 Å². The molecule has 1 rings (SSSR count). The zero-order chi connectivity index (χ0) is 15.0. The number of rotatable bonds is 8. The van der Waals surface area contributed by atoms with Crippen molar-refractivity contribution in [2.24, 2.45) is 5.73 Å². The van der Waals surface area contributed by atoms with E-state index in [2.05, 4.69) is 18.5 Å². The second-order valence-electron chi connectivity index (χ2n) is 4.33. The molecule has 0 aliphatic carbocycles. The van der Waals surface area contributed by atoms with Crippen LogP contribution in [0, 0.1) is 0 Å². The Morgan fingerprint density at radius 3 is 2.85 bits per heavy atom. The first-order valence-electron chi connectivity index (χ1n) is 6.35. The van der Waals surface area contributed by atoms with Gasteiger partial charge < -0.3 is 15.8 Å². The molecule has 0 saturated carbocycles. The zero-order valence-electron chi connectivity index (χ0n) is 11.7. The summed E-state index contributed by atoms with van der Waals surface area (Å²) in [4.78, 5) is 11.9. The topological polar surface area (TPSA) is 64.3 Å². The second kappa shape index (κ2) is 8.81. The van der Waals surface area contributed by atoms with Crippen LogP contribution in [0.2, 0.25) is 0 Å². The average Bonchev–Trinajstić information content (AvgIpc) is 2.45. The van der Waals surface area contributed by atoms with E-state index in [4.69, 9.17) is 22.7 Å². The van der Waals surface area contributed by atoms with Crippen LogP contribution in [0.5, 0.6) is 5.75 Å². The molecule has 0 radical (unpaired) electrons. The van der Waals surface area contributed by atoms with Crippen LogP contribution in [0.1, 0.15) is 18.9 Å². The van der Waals surface area contributed by atoms with Gasteiger partial charge in [-0.1, -0.05) is 31.3 Å². The van der Waals surface area contributed by atoms with Crippen molar-refractivity contribution in [2.45, 2.75) is 18.6 Å². The van der Waals surface area contributed by atoms with Crippen molar-refractivity contribution < 1.29 is 9.53 Å². The molecule has 6 heteroatoms. The quantitative estimate of drug-likeness (QED) is 0.718. The summed E-state index contributed by atoms with van der Waals surface area (Å²) in [5.74, 6) is 0.392. The molecule has 20 heavy (non-hydrogen) atoms. The molecule has 0 aromatic heterocycles. The third-order valence-electron chi connectivity index (χ3n) is 2.79. The minimum absolute atomic E-state index is 0.0344. The smallest absolute Gasteiger partial charge is 0.257 e. The van der Waals surface area contributed by atoms with E-state index in [0.29, 0.717) is 23.1 Å². The number of thiocarbonyl (C=S) groups is 1. The van der Waals surface area contributed by atoms with Crippen molar-refractivity contribution in [3.05, 3.63) is 29.8 Å². The predicted molar refractivity (Wildman–Crippen MR) is 88.4 cm³/mol. The van der Waals surface area contributed by atoms with Crippen LogP contribution in [0.15, 0.2) is 24.3 Å². The van der Waals surface area contributed by atoms with Gasteiger partial charge in [0.25, 0.3) is 5.91 Å². The van der Waals surface area contributed by atoms with Crippen LogP contribution in [0.3, 0.4) is 0 Å². The Bertz CT molecular complexity index is 466. The van der Waals surface area contributed by atoms with Gasteiger partial charge in [0.2, 0.25) is 0 Å². The van der Waals surface area contributed by atoms with Gasteiger partial charge in [-0.2, -0.15) is 11.8 Å². The Morgan fingerprint density at radius 2 is 2.20 bits per heavy atom. The van der Waals surface area contributed by atoms with Crippen LogP contribution in [0.4, 0.5) is 0 Å². The Hall–Kier alpha value is -1.27. The molecule has 1 amide bonds. The fourth-order valence-corrected chi connectivity index (χ4v) is 2.05. The molecule has 4 nitrogen and oxygen atoms in total. The summed E-state index contributed by atoms with van der Waals surface area (Å²) in [5.41, 5.74) is 6.24. The summed E-state index contributed by atoms with van der Waals surface area (Å²) in [6, 6.07) is 7.16. The molecular weight excluding hydrogens is 292 g/mol. The van der Waals surface area contributed by atoms with Crippen molar-refractivity contribution in [3.8, 4) is 5.75 Å². The lowest BCUT2D eigenvalue weighted by Gasteiger charge is -2.11. The molecule has 0 aliphatic heterocycles. The number of nitrogens with one attached hydrogen (secondary N) is 1. The van der Waals surface area contributed by atoms with Crippen molar-refractivity contribution in [1.29, 1.82) is 0 Å². The van der Waals surface area contributed by atoms with Gasteiger partial charge in [0, 0.05) is 11.8 Å². The largest absolute Gasteiger partial charge is 0.483 e. The van der Waals surface area contributed by atoms with Crippen molar-refractivity contribution in [2.75, 3.05) is 19.4 Å². The molecule has 1 atom stereocenters. The SMILES string of the molecule is CSC(C)CCNC(=O)COc1ccccc1C(N)=S. The van der Waals surface area contributed by atoms with Gasteiger partial charge in [-0.3, -0.25) is 4.79 Å². The number of amides is 1. The summed E-state index contributed by atoms with van der Waals surface area (Å²) >= 11 is 6.72. The van der Waals surface area contributed by atoms with E-state index in [1.165, 1.54) is 0 Å². The van der Waals surface area contributed by atoms with Gasteiger partial charge in [0.05, 0.1) is 5.56 Å². The van der Waals surface area contributed by atoms with Gasteiger partial charge >= 0.3 is 0 Å². The first-order chi connectivity index (χ1) is 9.54. The average molecular weight is 312 g/mol. The Balaban J connectivity index is 2.40. The Labute approximate surface area is 129 Å². The molecule has 0 bridgehead atoms. The highest BCUT2D eigenvalue weighted by Crippen LogP contribution is 2.17. The number of hydrogen-bond acceptors (Lipinski definition) is 4. The van der Waals surface area contributed by atoms with Crippen LogP contribution in [-0.2, 0) is 4.79 Å². The minimum Gasteiger partial charge on any atom is -0.483 e. The predicted octanol–water partition coefficient (Wildman–Crippen LogP) is 1.96. The lowest BCUT2D eigenvalue weighted by Crippen LogP contribution is -2.31. The number of carbonyl (C=O) groups excluding carboxylic acids is 1. The summed E-state index contributed by atoms with van der Waals surface area (Å²) in [6.45, 7) is 2.75. The Kier molecular flexibility index (Phi) is 7.40. The molecule has 1 aromatic carbocycles. The first-order valence-corrected chi connectivity index (χ1v) is 8.05. The van der Waals surface area contributed by atoms with E-state index in [1.807, 2.05) is 12.1 Å². The minimum atomic E-state index is -0.143. The number of nitrogens with two attached hydrogens (primary N) is 1. The summed E-state index contributed by atoms with van der Waals surface area (Å²) in [7, 11) is 0. The number of carbonyl (C=O) groups is 1. The number of thioether (sulfide) groups is 1. The standard InChI is InChI=1S/C14H20N2O2S2/c1-10(20-2)7-8-16-13(17)9-18-12-6-4-3-5-11(12)14(15)19/h3-6,10H,7-9H2,1-2H3,(H2,15,19)(H,16,17). The van der Waals surface area contributed by atoms with E-state index in [0.717, 1.165) is 6.42 Å². The van der Waals surface area contributed by atoms with Crippen LogP contribution >= 0.6 is 24.0 Å². The third kappa shape index (κ3) is 5.79. The molecule has 3 N–H and O–H groups in total. The molecular formula is C14H20N2O2S2. The maximum atomic E-state index is 11.7. The number of hydrogen-bond donors (Lipinski definition) is 2. The zero-order valence-corrected chi connectivity index (χ0v) is 13.4. The molecule has 0 fully saturated rings. The molecule has 0 heterocycles. The van der Waals surface area contributed by atoms with Gasteiger partial charge in [-0.25, -0.2) is 0 Å². The normalized spacial score (nSPS) is 11.7. The molecule has 110 valence electrons. The van der Waals surface area contributed by atoms with E-state index < -0.39 is 0 Å². The van der Waals surface area contributed by atoms with Gasteiger partial charge in [0.1, 0.15) is 10.7 Å². The third-order valence-corrected chi connectivity index (χ3v) is 4.05. The maximum absolute atomic E-state index is 11.7. The molecule has 0 spiro atoms. The highest BCUT2D eigenvalue weighted by atomic mass is 32.2. The molecule has 0 aliphatic rings. The summed E-state index contributed by atoms with van der Waals surface area (Å²) in [5, 5.41) is 3.36. The van der Waals surface area contributed by atoms with Crippen molar-refractivity contribution in [3.63, 3.8) is 0 Å². The van der Waals surface area contributed by atoms with Crippen molar-refractivity contribution in [1.82, 2.24) is 5.32 Å². The van der Waals surface area contributed by atoms with Crippen molar-refractivity contribution >= 4 is 34.9 Å². The highest BCUT2D eigenvalue weighted by Gasteiger charge is 2.08. The van der Waals surface area contributed by atoms with E-state index >= 15 is 0 Å². The first kappa shape index (κ1) is 16.8. The summed E-state index contributed by atoms with van der Waals surface area (Å²) < 4.78 is 5.46. The van der Waals surface area contributed by atoms with Gasteiger partial charge in [-0.15, -0.1) is 0 Å². The lowest BCUT2D eigenvalue weighted by atomic mass is 10.2. The number of para-hydroxylation sites is 1. The lowest BCUT2D eigenvalue weighted by molar-refractivity contribution is -0.123. The van der Waals surface area contributed by atoms with E-state index in [1.54, 1.807) is 23.9 Å². The fraction of sp³-hybridized carbons (Fsp3) is 0.429. The van der Waals surface area contributed by atoms with Crippen LogP contribution in [0.25, 0.3) is 0 Å². The number of ether oxygens (including phenoxy) is 1. The monoisotopic (exact) mass is 312 g/mol. The van der Waals surface area contributed by atoms with Gasteiger partial charge in [-0.05, 0) is 24.8 Å². The van der Waals surface area contributed by atoms with Crippen LogP contribution < -0.4 is 15.8 Å². The highest BCUT2D eigenvalue weighted by molar-refractivity contribution is 7.99.